The topological polar surface area (TPSA) is 97.1 Å². The first-order chi connectivity index (χ1) is 14.6. The van der Waals surface area contributed by atoms with Gasteiger partial charge in [-0.1, -0.05) is 47.1 Å². The molecule has 0 bridgehead atoms. The highest BCUT2D eigenvalue weighted by Crippen LogP contribution is 2.30. The lowest BCUT2D eigenvalue weighted by molar-refractivity contribution is -0.121. The lowest BCUT2D eigenvalue weighted by atomic mass is 10.1. The largest absolute Gasteiger partial charge is 0.352 e. The molecule has 1 aliphatic carbocycles. The van der Waals surface area contributed by atoms with E-state index in [0.29, 0.717) is 24.7 Å². The summed E-state index contributed by atoms with van der Waals surface area (Å²) in [6.45, 7) is 2.41. The van der Waals surface area contributed by atoms with E-state index < -0.39 is 0 Å². The molecule has 1 heterocycles. The van der Waals surface area contributed by atoms with Crippen LogP contribution in [0.1, 0.15) is 36.3 Å². The molecule has 2 N–H and O–H groups in total. The summed E-state index contributed by atoms with van der Waals surface area (Å²) in [4.78, 5) is 28.4. The monoisotopic (exact) mass is 404 g/mol. The van der Waals surface area contributed by atoms with Gasteiger partial charge in [0.1, 0.15) is 0 Å². The van der Waals surface area contributed by atoms with Gasteiger partial charge in [-0.25, -0.2) is 0 Å². The number of benzene rings is 2. The second-order valence-corrected chi connectivity index (χ2v) is 7.62. The van der Waals surface area contributed by atoms with Crippen molar-refractivity contribution in [2.24, 2.45) is 5.92 Å². The number of nitrogens with zero attached hydrogens (tertiary/aromatic N) is 2. The molecule has 3 aromatic rings. The van der Waals surface area contributed by atoms with E-state index in [0.717, 1.165) is 35.2 Å². The first kappa shape index (κ1) is 19.8. The van der Waals surface area contributed by atoms with Crippen LogP contribution in [0.15, 0.2) is 53.1 Å². The number of hydrogen-bond donors (Lipinski definition) is 2. The lowest BCUT2D eigenvalue weighted by Gasteiger charge is -2.08. The predicted octanol–water partition coefficient (Wildman–Crippen LogP) is 3.64. The van der Waals surface area contributed by atoms with Crippen LogP contribution in [0.5, 0.6) is 0 Å². The molecule has 0 radical (unpaired) electrons. The molecule has 2 aromatic carbocycles. The summed E-state index contributed by atoms with van der Waals surface area (Å²) in [5.41, 5.74) is 3.73. The van der Waals surface area contributed by atoms with Crippen LogP contribution in [0.4, 0.5) is 5.69 Å². The van der Waals surface area contributed by atoms with Crippen LogP contribution in [0.25, 0.3) is 11.4 Å². The summed E-state index contributed by atoms with van der Waals surface area (Å²) in [6.07, 6.45) is 2.57. The fraction of sp³-hybridized carbons (Fsp3) is 0.304. The summed E-state index contributed by atoms with van der Waals surface area (Å²) in [5, 5.41) is 9.79. The summed E-state index contributed by atoms with van der Waals surface area (Å²) in [7, 11) is 0. The van der Waals surface area contributed by atoms with Crippen molar-refractivity contribution in [1.29, 1.82) is 0 Å². The van der Waals surface area contributed by atoms with Gasteiger partial charge >= 0.3 is 0 Å². The van der Waals surface area contributed by atoms with E-state index in [4.69, 9.17) is 4.52 Å². The molecule has 0 atom stereocenters. The minimum Gasteiger partial charge on any atom is -0.352 e. The summed E-state index contributed by atoms with van der Waals surface area (Å²) < 4.78 is 5.26. The molecule has 30 heavy (non-hydrogen) atoms. The maximum Gasteiger partial charge on any atom is 0.227 e. The first-order valence-electron chi connectivity index (χ1n) is 10.1. The number of aromatic nitrogens is 2. The van der Waals surface area contributed by atoms with E-state index in [9.17, 15) is 9.59 Å². The molecule has 154 valence electrons. The minimum absolute atomic E-state index is 0.0701. The Hall–Kier alpha value is -3.48. The van der Waals surface area contributed by atoms with Crippen LogP contribution in [0.2, 0.25) is 0 Å². The Bertz CT molecular complexity index is 1040. The standard InChI is InChI=1S/C23H24N4O3/c1-15-5-7-17(8-6-15)22-26-21(30-27-22)12-11-20(28)24-14-16-3-2-4-19(13-16)25-23(29)18-9-10-18/h2-8,13,18H,9-12,14H2,1H3,(H,24,28)(H,25,29). The highest BCUT2D eigenvalue weighted by Gasteiger charge is 2.29. The highest BCUT2D eigenvalue weighted by molar-refractivity contribution is 5.94. The van der Waals surface area contributed by atoms with E-state index in [1.54, 1.807) is 0 Å². The SMILES string of the molecule is Cc1ccc(-c2noc(CCC(=O)NCc3cccc(NC(=O)C4CC4)c3)n2)cc1. The smallest absolute Gasteiger partial charge is 0.227 e. The normalized spacial score (nSPS) is 13.1. The number of carbonyl (C=O) groups excluding carboxylic acids is 2. The molecule has 0 aliphatic heterocycles. The molecule has 0 unspecified atom stereocenters. The maximum atomic E-state index is 12.2. The van der Waals surface area contributed by atoms with Crippen molar-refractivity contribution in [3.8, 4) is 11.4 Å². The van der Waals surface area contributed by atoms with Crippen molar-refractivity contribution in [1.82, 2.24) is 15.5 Å². The van der Waals surface area contributed by atoms with Crippen LogP contribution < -0.4 is 10.6 Å². The van der Waals surface area contributed by atoms with Crippen molar-refractivity contribution >= 4 is 17.5 Å². The van der Waals surface area contributed by atoms with Crippen LogP contribution in [0, 0.1) is 12.8 Å². The molecule has 2 amide bonds. The fourth-order valence-corrected chi connectivity index (χ4v) is 3.03. The average molecular weight is 404 g/mol. The van der Waals surface area contributed by atoms with Gasteiger partial charge in [0.15, 0.2) is 0 Å². The number of carbonyl (C=O) groups is 2. The van der Waals surface area contributed by atoms with Crippen LogP contribution >= 0.6 is 0 Å². The summed E-state index contributed by atoms with van der Waals surface area (Å²) in [6, 6.07) is 15.4. The van der Waals surface area contributed by atoms with E-state index in [2.05, 4.69) is 20.8 Å². The predicted molar refractivity (Wildman–Crippen MR) is 112 cm³/mol. The zero-order valence-corrected chi connectivity index (χ0v) is 16.9. The van der Waals surface area contributed by atoms with E-state index in [1.165, 1.54) is 0 Å². The number of anilines is 1. The van der Waals surface area contributed by atoms with Crippen LogP contribution in [-0.4, -0.2) is 22.0 Å². The zero-order valence-electron chi connectivity index (χ0n) is 16.9. The molecule has 7 nitrogen and oxygen atoms in total. The number of rotatable bonds is 8. The van der Waals surface area contributed by atoms with Gasteiger partial charge in [-0.2, -0.15) is 4.98 Å². The van der Waals surface area contributed by atoms with Gasteiger partial charge in [0.25, 0.3) is 0 Å². The van der Waals surface area contributed by atoms with Gasteiger partial charge in [-0.15, -0.1) is 0 Å². The Morgan fingerprint density at radius 3 is 2.70 bits per heavy atom. The fourth-order valence-electron chi connectivity index (χ4n) is 3.03. The average Bonchev–Trinajstić information content (AvgIpc) is 3.50. The van der Waals surface area contributed by atoms with Gasteiger partial charge in [-0.3, -0.25) is 9.59 Å². The van der Waals surface area contributed by atoms with E-state index >= 15 is 0 Å². The maximum absolute atomic E-state index is 12.2. The third-order valence-corrected chi connectivity index (χ3v) is 4.98. The third-order valence-electron chi connectivity index (χ3n) is 4.98. The van der Waals surface area contributed by atoms with Gasteiger partial charge in [0.2, 0.25) is 23.5 Å². The van der Waals surface area contributed by atoms with Crippen LogP contribution in [-0.2, 0) is 22.6 Å². The second kappa shape index (κ2) is 8.90. The van der Waals surface area contributed by atoms with Crippen molar-refractivity contribution in [3.05, 3.63) is 65.5 Å². The first-order valence-corrected chi connectivity index (χ1v) is 10.1. The molecule has 4 rings (SSSR count). The Morgan fingerprint density at radius 2 is 1.93 bits per heavy atom. The van der Waals surface area contributed by atoms with Crippen molar-refractivity contribution < 1.29 is 14.1 Å². The number of hydrogen-bond acceptors (Lipinski definition) is 5. The summed E-state index contributed by atoms with van der Waals surface area (Å²) in [5.74, 6) is 1.09. The van der Waals surface area contributed by atoms with Crippen molar-refractivity contribution in [3.63, 3.8) is 0 Å². The molecule has 7 heteroatoms. The lowest BCUT2D eigenvalue weighted by Crippen LogP contribution is -2.23. The Labute approximate surface area is 174 Å². The molecular weight excluding hydrogens is 380 g/mol. The van der Waals surface area contributed by atoms with Gasteiger partial charge in [-0.05, 0) is 37.5 Å². The quantitative estimate of drug-likeness (QED) is 0.597. The third kappa shape index (κ3) is 5.31. The molecule has 1 aromatic heterocycles. The Morgan fingerprint density at radius 1 is 1.13 bits per heavy atom. The minimum atomic E-state index is -0.0995. The Kier molecular flexibility index (Phi) is 5.88. The van der Waals surface area contributed by atoms with Gasteiger partial charge in [0, 0.05) is 36.6 Å². The molecule has 1 aliphatic rings. The molecule has 1 fully saturated rings. The molecule has 1 saturated carbocycles. The Balaban J connectivity index is 1.24. The highest BCUT2D eigenvalue weighted by atomic mass is 16.5. The number of amides is 2. The van der Waals surface area contributed by atoms with Gasteiger partial charge < -0.3 is 15.2 Å². The van der Waals surface area contributed by atoms with Gasteiger partial charge in [0.05, 0.1) is 0 Å². The zero-order chi connectivity index (χ0) is 20.9. The molecule has 0 spiro atoms. The van der Waals surface area contributed by atoms with E-state index in [-0.39, 0.29) is 24.2 Å². The van der Waals surface area contributed by atoms with E-state index in [1.807, 2.05) is 55.5 Å². The second-order valence-electron chi connectivity index (χ2n) is 7.62. The number of aryl methyl sites for hydroxylation is 2. The van der Waals surface area contributed by atoms with Crippen LogP contribution in [0.3, 0.4) is 0 Å². The van der Waals surface area contributed by atoms with Crippen molar-refractivity contribution in [2.75, 3.05) is 5.32 Å². The molecule has 0 saturated heterocycles. The number of nitrogens with one attached hydrogen (secondary N) is 2. The molecular formula is C23H24N4O3. The van der Waals surface area contributed by atoms with Crippen molar-refractivity contribution in [2.45, 2.75) is 39.2 Å². The summed E-state index contributed by atoms with van der Waals surface area (Å²) >= 11 is 0.